The molecule has 3 nitrogen and oxygen atoms in total. The van der Waals surface area contributed by atoms with E-state index in [9.17, 15) is 4.79 Å². The number of nitrogens with one attached hydrogen (secondary N) is 1. The van der Waals surface area contributed by atoms with Gasteiger partial charge in [0.05, 0.1) is 5.69 Å². The van der Waals surface area contributed by atoms with Crippen LogP contribution >= 0.6 is 0 Å². The highest BCUT2D eigenvalue weighted by Gasteiger charge is 2.09. The van der Waals surface area contributed by atoms with Crippen molar-refractivity contribution in [3.63, 3.8) is 0 Å². The Hall–Kier alpha value is -1.77. The Morgan fingerprint density at radius 3 is 3.00 bits per heavy atom. The summed E-state index contributed by atoms with van der Waals surface area (Å²) < 4.78 is 5.21. The SMILES string of the molecule is O=CC1=CNc2ccccc2O1. The molecule has 1 N–H and O–H groups in total. The van der Waals surface area contributed by atoms with Crippen LogP contribution in [0.3, 0.4) is 0 Å². The monoisotopic (exact) mass is 161 g/mol. The Balaban J connectivity index is 2.36. The zero-order valence-electron chi connectivity index (χ0n) is 6.28. The summed E-state index contributed by atoms with van der Waals surface area (Å²) in [6, 6.07) is 7.44. The van der Waals surface area contributed by atoms with Crippen LogP contribution in [0.25, 0.3) is 0 Å². The van der Waals surface area contributed by atoms with E-state index in [1.165, 1.54) is 6.20 Å². The number of allylic oxidation sites excluding steroid dienone is 1. The zero-order valence-corrected chi connectivity index (χ0v) is 6.28. The number of fused-ring (bicyclic) bond motifs is 1. The van der Waals surface area contributed by atoms with Crippen molar-refractivity contribution < 1.29 is 9.53 Å². The van der Waals surface area contributed by atoms with Gasteiger partial charge in [0, 0.05) is 6.20 Å². The van der Waals surface area contributed by atoms with Crippen LogP contribution in [0, 0.1) is 0 Å². The lowest BCUT2D eigenvalue weighted by Gasteiger charge is -2.15. The number of rotatable bonds is 1. The largest absolute Gasteiger partial charge is 0.450 e. The second-order valence-electron chi connectivity index (χ2n) is 2.41. The molecule has 0 saturated heterocycles. The maximum atomic E-state index is 10.3. The molecule has 0 saturated carbocycles. The molecule has 0 radical (unpaired) electrons. The summed E-state index contributed by atoms with van der Waals surface area (Å²) in [6.45, 7) is 0. The average Bonchev–Trinajstić information content (AvgIpc) is 2.17. The standard InChI is InChI=1S/C9H7NO2/c11-6-7-5-10-8-3-1-2-4-9(8)12-7/h1-6,10H. The van der Waals surface area contributed by atoms with Crippen LogP contribution in [0.4, 0.5) is 5.69 Å². The van der Waals surface area contributed by atoms with Gasteiger partial charge in [0.2, 0.25) is 0 Å². The molecule has 0 aromatic heterocycles. The minimum atomic E-state index is 0.300. The maximum absolute atomic E-state index is 10.3. The van der Waals surface area contributed by atoms with Gasteiger partial charge in [-0.3, -0.25) is 4.79 Å². The third-order valence-electron chi connectivity index (χ3n) is 1.60. The molecule has 0 unspecified atom stereocenters. The molecule has 0 spiro atoms. The van der Waals surface area contributed by atoms with Crippen molar-refractivity contribution in [2.45, 2.75) is 0 Å². The van der Waals surface area contributed by atoms with Gasteiger partial charge in [-0.15, -0.1) is 0 Å². The fourth-order valence-corrected chi connectivity index (χ4v) is 1.04. The molecule has 1 aliphatic heterocycles. The Morgan fingerprint density at radius 1 is 1.33 bits per heavy atom. The first-order chi connectivity index (χ1) is 5.90. The Labute approximate surface area is 69.7 Å². The molecule has 1 aliphatic rings. The zero-order chi connectivity index (χ0) is 8.39. The van der Waals surface area contributed by atoms with Crippen LogP contribution in [0.15, 0.2) is 36.2 Å². The van der Waals surface area contributed by atoms with Crippen molar-refractivity contribution in [3.05, 3.63) is 36.2 Å². The van der Waals surface area contributed by atoms with Crippen LogP contribution < -0.4 is 10.1 Å². The predicted octanol–water partition coefficient (Wildman–Crippen LogP) is 1.53. The van der Waals surface area contributed by atoms with E-state index in [0.29, 0.717) is 17.8 Å². The molecule has 1 heterocycles. The van der Waals surface area contributed by atoms with Gasteiger partial charge in [0.25, 0.3) is 0 Å². The molecular weight excluding hydrogens is 154 g/mol. The molecular formula is C9H7NO2. The van der Waals surface area contributed by atoms with E-state index >= 15 is 0 Å². The van der Waals surface area contributed by atoms with Gasteiger partial charge in [-0.2, -0.15) is 0 Å². The summed E-state index contributed by atoms with van der Waals surface area (Å²) in [6.07, 6.45) is 2.21. The summed E-state index contributed by atoms with van der Waals surface area (Å²) in [5.41, 5.74) is 0.878. The van der Waals surface area contributed by atoms with Crippen LogP contribution in [-0.2, 0) is 4.79 Å². The number of anilines is 1. The van der Waals surface area contributed by atoms with Crippen LogP contribution in [0.5, 0.6) is 5.75 Å². The van der Waals surface area contributed by atoms with Gasteiger partial charge >= 0.3 is 0 Å². The summed E-state index contributed by atoms with van der Waals surface area (Å²) >= 11 is 0. The summed E-state index contributed by atoms with van der Waals surface area (Å²) in [5, 5.41) is 2.95. The second kappa shape index (κ2) is 2.70. The maximum Gasteiger partial charge on any atom is 0.186 e. The lowest BCUT2D eigenvalue weighted by molar-refractivity contribution is -0.106. The van der Waals surface area contributed by atoms with Crippen molar-refractivity contribution in [3.8, 4) is 5.75 Å². The molecule has 60 valence electrons. The van der Waals surface area contributed by atoms with Crippen molar-refractivity contribution >= 4 is 12.0 Å². The van der Waals surface area contributed by atoms with Gasteiger partial charge in [0.1, 0.15) is 0 Å². The number of hydrogen-bond acceptors (Lipinski definition) is 3. The fraction of sp³-hybridized carbons (Fsp3) is 0. The lowest BCUT2D eigenvalue weighted by Crippen LogP contribution is -2.07. The molecule has 3 heteroatoms. The Kier molecular flexibility index (Phi) is 1.55. The number of ether oxygens (including phenoxy) is 1. The van der Waals surface area contributed by atoms with Gasteiger partial charge in [-0.1, -0.05) is 12.1 Å². The van der Waals surface area contributed by atoms with Crippen molar-refractivity contribution in [2.24, 2.45) is 0 Å². The first-order valence-electron chi connectivity index (χ1n) is 3.59. The van der Waals surface area contributed by atoms with Gasteiger partial charge in [0.15, 0.2) is 17.8 Å². The molecule has 0 fully saturated rings. The second-order valence-corrected chi connectivity index (χ2v) is 2.41. The third kappa shape index (κ3) is 1.05. The number of hydrogen-bond donors (Lipinski definition) is 1. The molecule has 0 bridgehead atoms. The minimum absolute atomic E-state index is 0.300. The minimum Gasteiger partial charge on any atom is -0.450 e. The molecule has 2 rings (SSSR count). The quantitative estimate of drug-likeness (QED) is 0.635. The molecule has 12 heavy (non-hydrogen) atoms. The highest BCUT2D eigenvalue weighted by atomic mass is 16.5. The van der Waals surface area contributed by atoms with Crippen molar-refractivity contribution in [2.75, 3.05) is 5.32 Å². The fourth-order valence-electron chi connectivity index (χ4n) is 1.04. The lowest BCUT2D eigenvalue weighted by atomic mass is 10.3. The molecule has 1 aromatic rings. The molecule has 1 aromatic carbocycles. The number of benzene rings is 1. The highest BCUT2D eigenvalue weighted by Crippen LogP contribution is 2.28. The highest BCUT2D eigenvalue weighted by molar-refractivity contribution is 5.75. The number of para-hydroxylation sites is 2. The first-order valence-corrected chi connectivity index (χ1v) is 3.59. The van der Waals surface area contributed by atoms with Gasteiger partial charge in [-0.25, -0.2) is 0 Å². The summed E-state index contributed by atoms with van der Waals surface area (Å²) in [4.78, 5) is 10.3. The molecule has 0 aliphatic carbocycles. The average molecular weight is 161 g/mol. The third-order valence-corrected chi connectivity index (χ3v) is 1.60. The smallest absolute Gasteiger partial charge is 0.186 e. The Bertz CT molecular complexity index is 344. The Morgan fingerprint density at radius 2 is 2.17 bits per heavy atom. The van der Waals surface area contributed by atoms with Crippen molar-refractivity contribution in [1.29, 1.82) is 0 Å². The van der Waals surface area contributed by atoms with E-state index in [0.717, 1.165) is 5.69 Å². The number of carbonyl (C=O) groups excluding carboxylic acids is 1. The summed E-state index contributed by atoms with van der Waals surface area (Å²) in [7, 11) is 0. The van der Waals surface area contributed by atoms with Crippen LogP contribution in [0.2, 0.25) is 0 Å². The number of carbonyl (C=O) groups is 1. The van der Waals surface area contributed by atoms with Crippen LogP contribution in [-0.4, -0.2) is 6.29 Å². The molecule has 0 amide bonds. The van der Waals surface area contributed by atoms with E-state index in [4.69, 9.17) is 4.74 Å². The summed E-state index contributed by atoms with van der Waals surface area (Å²) in [5.74, 6) is 0.982. The van der Waals surface area contributed by atoms with E-state index in [-0.39, 0.29) is 0 Å². The topological polar surface area (TPSA) is 38.3 Å². The normalized spacial score (nSPS) is 13.5. The molecule has 0 atom stereocenters. The van der Waals surface area contributed by atoms with E-state index < -0.39 is 0 Å². The van der Waals surface area contributed by atoms with E-state index in [1.807, 2.05) is 18.2 Å². The first kappa shape index (κ1) is 6.91. The van der Waals surface area contributed by atoms with Crippen molar-refractivity contribution in [1.82, 2.24) is 0 Å². The van der Waals surface area contributed by atoms with E-state index in [1.54, 1.807) is 6.07 Å². The predicted molar refractivity (Wildman–Crippen MR) is 44.8 cm³/mol. The van der Waals surface area contributed by atoms with Gasteiger partial charge in [-0.05, 0) is 12.1 Å². The van der Waals surface area contributed by atoms with Crippen LogP contribution in [0.1, 0.15) is 0 Å². The van der Waals surface area contributed by atoms with E-state index in [2.05, 4.69) is 5.32 Å². The number of aldehydes is 1. The van der Waals surface area contributed by atoms with Gasteiger partial charge < -0.3 is 10.1 Å².